The van der Waals surface area contributed by atoms with Crippen molar-refractivity contribution in [1.82, 2.24) is 19.2 Å². The van der Waals surface area contributed by atoms with Crippen LogP contribution >= 0.6 is 12.2 Å². The maximum absolute atomic E-state index is 5.60. The molecule has 1 heterocycles. The second-order valence-corrected chi connectivity index (χ2v) is 6.96. The summed E-state index contributed by atoms with van der Waals surface area (Å²) in [5.74, 6) is 2.46. The van der Waals surface area contributed by atoms with Gasteiger partial charge in [-0.15, -0.1) is 0 Å². The minimum absolute atomic E-state index is 0.592. The van der Waals surface area contributed by atoms with Gasteiger partial charge in [-0.2, -0.15) is 5.10 Å². The minimum Gasteiger partial charge on any atom is -0.496 e. The topological polar surface area (TPSA) is 44.4 Å². The summed E-state index contributed by atoms with van der Waals surface area (Å²) in [7, 11) is 5.64. The lowest BCUT2D eigenvalue weighted by atomic mass is 10.2. The van der Waals surface area contributed by atoms with Crippen LogP contribution in [0.2, 0.25) is 0 Å². The standard InChI is InChI=1S/C21H26N4O2S/c1-5-27-17-12-10-16(11-13-17)14-23(2)15-25-21(28)24(3)20(22-25)18-8-6-7-9-19(18)26-4/h6-13H,5,14-15H2,1-4H3. The van der Waals surface area contributed by atoms with Gasteiger partial charge in [0.15, 0.2) is 10.6 Å². The van der Waals surface area contributed by atoms with E-state index < -0.39 is 0 Å². The molecule has 0 radical (unpaired) electrons. The van der Waals surface area contributed by atoms with Crippen LogP contribution in [0.15, 0.2) is 48.5 Å². The average molecular weight is 399 g/mol. The van der Waals surface area contributed by atoms with Gasteiger partial charge in [-0.05, 0) is 56.0 Å². The summed E-state index contributed by atoms with van der Waals surface area (Å²) in [5, 5.41) is 4.74. The Balaban J connectivity index is 1.76. The normalized spacial score (nSPS) is 11.0. The molecule has 3 rings (SSSR count). The number of para-hydroxylation sites is 1. The second-order valence-electron chi connectivity index (χ2n) is 6.60. The van der Waals surface area contributed by atoms with Crippen molar-refractivity contribution in [2.75, 3.05) is 20.8 Å². The Morgan fingerprint density at radius 3 is 2.50 bits per heavy atom. The summed E-state index contributed by atoms with van der Waals surface area (Å²) in [6, 6.07) is 16.0. The zero-order chi connectivity index (χ0) is 20.1. The van der Waals surface area contributed by atoms with E-state index in [9.17, 15) is 0 Å². The van der Waals surface area contributed by atoms with E-state index in [1.807, 2.05) is 59.6 Å². The molecule has 0 aliphatic carbocycles. The molecule has 0 fully saturated rings. The van der Waals surface area contributed by atoms with Gasteiger partial charge in [0, 0.05) is 13.6 Å². The van der Waals surface area contributed by atoms with E-state index in [0.29, 0.717) is 18.0 Å². The van der Waals surface area contributed by atoms with Crippen LogP contribution in [0.5, 0.6) is 11.5 Å². The van der Waals surface area contributed by atoms with Gasteiger partial charge in [-0.1, -0.05) is 24.3 Å². The molecule has 1 aromatic heterocycles. The molecule has 0 spiro atoms. The Bertz CT molecular complexity index is 979. The first-order valence-electron chi connectivity index (χ1n) is 9.21. The molecule has 0 aliphatic heterocycles. The minimum atomic E-state index is 0.592. The van der Waals surface area contributed by atoms with Crippen molar-refractivity contribution in [2.24, 2.45) is 7.05 Å². The summed E-state index contributed by atoms with van der Waals surface area (Å²) < 4.78 is 15.4. The molecule has 0 bridgehead atoms. The van der Waals surface area contributed by atoms with E-state index in [0.717, 1.165) is 29.4 Å². The number of rotatable bonds is 8. The molecule has 0 aliphatic rings. The first-order chi connectivity index (χ1) is 13.5. The van der Waals surface area contributed by atoms with Gasteiger partial charge in [-0.3, -0.25) is 4.90 Å². The van der Waals surface area contributed by atoms with Gasteiger partial charge in [-0.25, -0.2) is 4.68 Å². The number of hydrogen-bond donors (Lipinski definition) is 0. The van der Waals surface area contributed by atoms with E-state index in [-0.39, 0.29) is 0 Å². The number of hydrogen-bond acceptors (Lipinski definition) is 5. The zero-order valence-corrected chi connectivity index (χ0v) is 17.6. The van der Waals surface area contributed by atoms with E-state index in [2.05, 4.69) is 24.1 Å². The van der Waals surface area contributed by atoms with E-state index >= 15 is 0 Å². The Kier molecular flexibility index (Phi) is 6.49. The lowest BCUT2D eigenvalue weighted by molar-refractivity contribution is 0.244. The zero-order valence-electron chi connectivity index (χ0n) is 16.8. The number of ether oxygens (including phenoxy) is 2. The SMILES string of the molecule is CCOc1ccc(CN(C)Cn2nc(-c3ccccc3OC)n(C)c2=S)cc1. The molecule has 0 unspecified atom stereocenters. The van der Waals surface area contributed by atoms with E-state index in [1.54, 1.807) is 7.11 Å². The maximum atomic E-state index is 5.60. The van der Waals surface area contributed by atoms with Crippen LogP contribution in [-0.2, 0) is 20.3 Å². The monoisotopic (exact) mass is 398 g/mol. The number of methoxy groups -OCH3 is 1. The number of benzene rings is 2. The van der Waals surface area contributed by atoms with Crippen LogP contribution in [0.4, 0.5) is 0 Å². The molecular weight excluding hydrogens is 372 g/mol. The second kappa shape index (κ2) is 9.03. The number of aromatic nitrogens is 3. The molecule has 3 aromatic rings. The highest BCUT2D eigenvalue weighted by atomic mass is 32.1. The molecule has 0 N–H and O–H groups in total. The fourth-order valence-corrected chi connectivity index (χ4v) is 3.28. The van der Waals surface area contributed by atoms with Crippen molar-refractivity contribution in [3.05, 3.63) is 58.9 Å². The Morgan fingerprint density at radius 2 is 1.82 bits per heavy atom. The van der Waals surface area contributed by atoms with Crippen molar-refractivity contribution >= 4 is 12.2 Å². The van der Waals surface area contributed by atoms with Crippen molar-refractivity contribution in [2.45, 2.75) is 20.1 Å². The van der Waals surface area contributed by atoms with Gasteiger partial charge in [0.1, 0.15) is 11.5 Å². The molecule has 0 saturated heterocycles. The highest BCUT2D eigenvalue weighted by Crippen LogP contribution is 2.28. The maximum Gasteiger partial charge on any atom is 0.199 e. The molecule has 0 amide bonds. The summed E-state index contributed by atoms with van der Waals surface area (Å²) in [6.07, 6.45) is 0. The smallest absolute Gasteiger partial charge is 0.199 e. The summed E-state index contributed by atoms with van der Waals surface area (Å²) in [5.41, 5.74) is 2.13. The summed E-state index contributed by atoms with van der Waals surface area (Å²) >= 11 is 5.60. The van der Waals surface area contributed by atoms with Crippen LogP contribution in [0.25, 0.3) is 11.4 Å². The van der Waals surface area contributed by atoms with Gasteiger partial charge in [0.2, 0.25) is 0 Å². The fourth-order valence-electron chi connectivity index (χ4n) is 3.09. The van der Waals surface area contributed by atoms with Crippen LogP contribution < -0.4 is 9.47 Å². The Labute approximate surface area is 170 Å². The van der Waals surface area contributed by atoms with Crippen molar-refractivity contribution < 1.29 is 9.47 Å². The fraction of sp³-hybridized carbons (Fsp3) is 0.333. The van der Waals surface area contributed by atoms with Gasteiger partial charge >= 0.3 is 0 Å². The Morgan fingerprint density at radius 1 is 1.11 bits per heavy atom. The summed E-state index contributed by atoms with van der Waals surface area (Å²) in [6.45, 7) is 4.03. The average Bonchev–Trinajstić information content (AvgIpc) is 2.98. The van der Waals surface area contributed by atoms with Crippen LogP contribution in [0.3, 0.4) is 0 Å². The van der Waals surface area contributed by atoms with Crippen molar-refractivity contribution in [3.8, 4) is 22.9 Å². The predicted octanol–water partition coefficient (Wildman–Crippen LogP) is 4.11. The van der Waals surface area contributed by atoms with Crippen LogP contribution in [0, 0.1) is 4.77 Å². The molecule has 6 nitrogen and oxygen atoms in total. The largest absolute Gasteiger partial charge is 0.496 e. The molecule has 0 saturated carbocycles. The highest BCUT2D eigenvalue weighted by molar-refractivity contribution is 7.71. The third-order valence-electron chi connectivity index (χ3n) is 4.45. The lowest BCUT2D eigenvalue weighted by Gasteiger charge is -2.16. The van der Waals surface area contributed by atoms with Crippen LogP contribution in [0.1, 0.15) is 12.5 Å². The molecule has 2 aromatic carbocycles. The van der Waals surface area contributed by atoms with Crippen molar-refractivity contribution in [1.29, 1.82) is 0 Å². The third-order valence-corrected chi connectivity index (χ3v) is 4.94. The highest BCUT2D eigenvalue weighted by Gasteiger charge is 2.15. The quantitative estimate of drug-likeness (QED) is 0.534. The molecule has 148 valence electrons. The summed E-state index contributed by atoms with van der Waals surface area (Å²) in [4.78, 5) is 2.17. The molecule has 7 heteroatoms. The van der Waals surface area contributed by atoms with E-state index in [4.69, 9.17) is 26.8 Å². The number of nitrogens with zero attached hydrogens (tertiary/aromatic N) is 4. The molecule has 0 atom stereocenters. The van der Waals surface area contributed by atoms with E-state index in [1.165, 1.54) is 5.56 Å². The van der Waals surface area contributed by atoms with Gasteiger partial charge in [0.25, 0.3) is 0 Å². The predicted molar refractivity (Wildman–Crippen MR) is 113 cm³/mol. The molecular formula is C21H26N4O2S. The van der Waals surface area contributed by atoms with Gasteiger partial charge in [0.05, 0.1) is 25.9 Å². The molecule has 28 heavy (non-hydrogen) atoms. The third kappa shape index (κ3) is 4.43. The first kappa shape index (κ1) is 20.1. The Hall–Kier alpha value is -2.64. The lowest BCUT2D eigenvalue weighted by Crippen LogP contribution is -2.22. The van der Waals surface area contributed by atoms with Crippen LogP contribution in [-0.4, -0.2) is 40.0 Å². The first-order valence-corrected chi connectivity index (χ1v) is 9.61. The van der Waals surface area contributed by atoms with Crippen molar-refractivity contribution in [3.63, 3.8) is 0 Å². The van der Waals surface area contributed by atoms with Gasteiger partial charge < -0.3 is 14.0 Å².